The molecule has 0 saturated heterocycles. The Bertz CT molecular complexity index is 7750. The quantitative estimate of drug-likeness (QED) is 0.120. The highest BCUT2D eigenvalue weighted by atomic mass is 14.3. The molecular formula is C138H140. The van der Waals surface area contributed by atoms with Crippen molar-refractivity contribution >= 4 is 129 Å². The molecule has 138 heavy (non-hydrogen) atoms. The maximum atomic E-state index is 2.33. The zero-order valence-corrected chi connectivity index (χ0v) is 87.9. The van der Waals surface area contributed by atoms with E-state index in [1.165, 1.54) is 318 Å². The number of hydrogen-bond donors (Lipinski definition) is 0. The van der Waals surface area contributed by atoms with Crippen LogP contribution in [0, 0.1) is 208 Å². The normalized spacial score (nSPS) is 11.1. The van der Waals surface area contributed by atoms with Crippen LogP contribution in [0.1, 0.15) is 167 Å². The van der Waals surface area contributed by atoms with Crippen LogP contribution in [0.4, 0.5) is 0 Å². The van der Waals surface area contributed by atoms with Crippen LogP contribution < -0.4 is 0 Å². The summed E-state index contributed by atoms with van der Waals surface area (Å²) in [6.45, 7) is 66.4. The molecule has 692 valence electrons. The van der Waals surface area contributed by atoms with E-state index in [4.69, 9.17) is 0 Å². The average Bonchev–Trinajstić information content (AvgIpc) is 0.713. The van der Waals surface area contributed by atoms with Gasteiger partial charge < -0.3 is 0 Å². The maximum Gasteiger partial charge on any atom is -0.0103 e. The number of benzene rings is 22. The van der Waals surface area contributed by atoms with Crippen LogP contribution >= 0.6 is 0 Å². The largest absolute Gasteiger partial charge is 0.0616 e. The molecule has 0 fully saturated rings. The van der Waals surface area contributed by atoms with Crippen LogP contribution in [0.25, 0.3) is 152 Å². The highest BCUT2D eigenvalue weighted by molar-refractivity contribution is 6.14. The minimum absolute atomic E-state index is 1.32. The molecule has 0 heterocycles. The van der Waals surface area contributed by atoms with Gasteiger partial charge >= 0.3 is 0 Å². The Hall–Kier alpha value is -14.0. The predicted molar refractivity (Wildman–Crippen MR) is 615 cm³/mol. The number of hydrogen-bond acceptors (Lipinski definition) is 0. The Kier molecular flexibility index (Phi) is 29.6. The zero-order valence-electron chi connectivity index (χ0n) is 87.9. The second kappa shape index (κ2) is 41.5. The Morgan fingerprint density at radius 3 is 0.616 bits per heavy atom. The fourth-order valence-electron chi connectivity index (χ4n) is 21.5. The fourth-order valence-corrected chi connectivity index (χ4v) is 21.5. The molecule has 22 rings (SSSR count). The van der Waals surface area contributed by atoms with Gasteiger partial charge in [0.2, 0.25) is 0 Å². The van der Waals surface area contributed by atoms with Gasteiger partial charge in [0.1, 0.15) is 0 Å². The molecule has 0 aromatic heterocycles. The third-order valence-electron chi connectivity index (χ3n) is 30.4. The van der Waals surface area contributed by atoms with Crippen LogP contribution in [-0.4, -0.2) is 0 Å². The molecule has 0 atom stereocenters. The minimum Gasteiger partial charge on any atom is -0.0616 e. The van der Waals surface area contributed by atoms with Gasteiger partial charge in [-0.2, -0.15) is 0 Å². The molecule has 0 bridgehead atoms. The van der Waals surface area contributed by atoms with Crippen molar-refractivity contribution in [3.8, 4) is 22.3 Å². The predicted octanol–water partition coefficient (Wildman–Crippen LogP) is 39.9. The lowest BCUT2D eigenvalue weighted by Gasteiger charge is -2.24. The van der Waals surface area contributed by atoms with Gasteiger partial charge in [0.25, 0.3) is 0 Å². The van der Waals surface area contributed by atoms with Gasteiger partial charge in [-0.1, -0.05) is 336 Å². The summed E-state index contributed by atoms with van der Waals surface area (Å²) in [7, 11) is 0. The minimum atomic E-state index is 1.32. The molecule has 0 amide bonds. The van der Waals surface area contributed by atoms with Gasteiger partial charge in [-0.25, -0.2) is 0 Å². The molecule has 22 aromatic rings. The molecule has 0 spiro atoms. The van der Waals surface area contributed by atoms with Crippen LogP contribution in [0.3, 0.4) is 0 Å². The summed E-state index contributed by atoms with van der Waals surface area (Å²) in [6.07, 6.45) is 0. The van der Waals surface area contributed by atoms with E-state index >= 15 is 0 Å². The Morgan fingerprint density at radius 1 is 0.101 bits per heavy atom. The van der Waals surface area contributed by atoms with Crippen molar-refractivity contribution in [1.29, 1.82) is 0 Å². The number of fused-ring (bicyclic) bond motifs is 15. The monoisotopic (exact) mass is 1800 g/mol. The van der Waals surface area contributed by atoms with Gasteiger partial charge in [-0.05, 0) is 494 Å². The van der Waals surface area contributed by atoms with Gasteiger partial charge in [0.05, 0.1) is 0 Å². The molecule has 0 aliphatic carbocycles. The molecule has 0 aliphatic heterocycles. The number of rotatable bonds is 2. The van der Waals surface area contributed by atoms with E-state index in [1.54, 1.807) is 0 Å². The van der Waals surface area contributed by atoms with Crippen LogP contribution in [-0.2, 0) is 0 Å². The second-order valence-electron chi connectivity index (χ2n) is 40.1. The van der Waals surface area contributed by atoms with Crippen molar-refractivity contribution in [2.75, 3.05) is 0 Å². The van der Waals surface area contributed by atoms with E-state index in [9.17, 15) is 0 Å². The zero-order chi connectivity index (χ0) is 98.8. The van der Waals surface area contributed by atoms with E-state index in [0.717, 1.165) is 0 Å². The molecule has 0 unspecified atom stereocenters. The maximum absolute atomic E-state index is 2.33. The smallest absolute Gasteiger partial charge is 0.0103 e. The first-order chi connectivity index (χ1) is 65.8. The van der Waals surface area contributed by atoms with Gasteiger partial charge in [0.15, 0.2) is 0 Å². The van der Waals surface area contributed by atoms with Crippen LogP contribution in [0.5, 0.6) is 0 Å². The highest BCUT2D eigenvalue weighted by Crippen LogP contribution is 2.44. The number of aryl methyl sites for hydroxylation is 24. The SMILES string of the molecule is Cc1c(C)c(C)c2c(C)c3c(C)c(C)c(C)c(C)c3c(C)c2c1C.Cc1c(C)c2ccccc2c2ccccc12.Cc1c2ccccc2c(C)c2ccccc12.Cc1cc(-c2cc(C)c(C)c(C)c2)cc(C)c1C.Cc1cc(C)cc(-c2cc(C)cc(C)c2)c1.Cc1ccc2c(ccc3cc(C)ccc32)c1.Cc1ccc2cc3cc(C)ccc3cc2c1.Cc1cccc2c1ccc1c(C)cccc12. The van der Waals surface area contributed by atoms with Crippen molar-refractivity contribution in [3.05, 3.63) is 470 Å². The van der Waals surface area contributed by atoms with E-state index in [1.807, 2.05) is 0 Å². The summed E-state index contributed by atoms with van der Waals surface area (Å²) < 4.78 is 0. The summed E-state index contributed by atoms with van der Waals surface area (Å²) >= 11 is 0. The molecule has 0 aliphatic rings. The van der Waals surface area contributed by atoms with Crippen molar-refractivity contribution < 1.29 is 0 Å². The molecule has 0 radical (unpaired) electrons. The van der Waals surface area contributed by atoms with Crippen LogP contribution in [0.2, 0.25) is 0 Å². The van der Waals surface area contributed by atoms with E-state index in [-0.39, 0.29) is 0 Å². The molecule has 0 heteroatoms. The second-order valence-corrected chi connectivity index (χ2v) is 40.1. The Labute approximate surface area is 823 Å². The van der Waals surface area contributed by atoms with E-state index in [2.05, 4.69) is 511 Å². The van der Waals surface area contributed by atoms with Crippen molar-refractivity contribution in [1.82, 2.24) is 0 Å². The van der Waals surface area contributed by atoms with E-state index in [0.29, 0.717) is 0 Å². The van der Waals surface area contributed by atoms with E-state index < -0.39 is 0 Å². The lowest BCUT2D eigenvalue weighted by atomic mass is 9.80. The lowest BCUT2D eigenvalue weighted by Crippen LogP contribution is -2.03. The van der Waals surface area contributed by atoms with Gasteiger partial charge in [0, 0.05) is 0 Å². The average molecular weight is 1800 g/mol. The topological polar surface area (TPSA) is 0 Å². The van der Waals surface area contributed by atoms with Gasteiger partial charge in [-0.15, -0.1) is 0 Å². The molecule has 22 aromatic carbocycles. The Balaban J connectivity index is 0.000000120. The first kappa shape index (κ1) is 98.5. The lowest BCUT2D eigenvalue weighted by molar-refractivity contribution is 1.22. The summed E-state index contributed by atoms with van der Waals surface area (Å²) in [5.74, 6) is 0. The Morgan fingerprint density at radius 2 is 0.326 bits per heavy atom. The highest BCUT2D eigenvalue weighted by Gasteiger charge is 2.22. The van der Waals surface area contributed by atoms with Gasteiger partial charge in [-0.3, -0.25) is 0 Å². The van der Waals surface area contributed by atoms with Crippen molar-refractivity contribution in [2.45, 2.75) is 208 Å². The summed E-state index contributed by atoms with van der Waals surface area (Å²) in [5, 5.41) is 33.0. The van der Waals surface area contributed by atoms with Crippen LogP contribution in [0.15, 0.2) is 303 Å². The summed E-state index contributed by atoms with van der Waals surface area (Å²) in [5.41, 5.74) is 47.0. The van der Waals surface area contributed by atoms with Crippen molar-refractivity contribution in [2.24, 2.45) is 0 Å². The third kappa shape index (κ3) is 20.4. The summed E-state index contributed by atoms with van der Waals surface area (Å²) in [6, 6.07) is 110. The van der Waals surface area contributed by atoms with Crippen molar-refractivity contribution in [3.63, 3.8) is 0 Å². The standard InChI is InChI=1S/C24H30.C18H22.5C16H14.C16H18/c1-11-12(2)16(6)22-20(10)24-18(8)14(4)13(3)17(7)23(24)19(9)21(22)15(11)5;1-11-7-17(8-12(2)15(11)5)18-9-13(3)16(6)14(4)10-18;1-11-3-7-15-13(9-11)5-6-14-10-12(2)4-8-16(14)15;1-11-3-5-13-10-16-8-12(2)4-6-14(16)9-15(13)7-11;1-11-5-3-7-15-13(11)9-10-14-12(2)6-4-8-16(14)15;1-11-13-7-3-5-9-15(13)12(2)16-10-6-4-8-14(11)16;1-11-12(2)14-8-4-6-10-16(14)15-9-5-3-7-13(11)15;1-11-5-12(2)8-15(7-11)16-9-13(3)6-14(4)10-16/h1-10H3;7-10H,1-6H3;5*3-10H,1-2H3;5-10H,1-4H3. The molecule has 0 nitrogen and oxygen atoms in total. The first-order valence-corrected chi connectivity index (χ1v) is 49.5. The molecule has 0 N–H and O–H groups in total. The first-order valence-electron chi connectivity index (χ1n) is 49.5. The summed E-state index contributed by atoms with van der Waals surface area (Å²) in [4.78, 5) is 0. The fraction of sp³-hybridized carbons (Fsp3) is 0.217. The third-order valence-corrected chi connectivity index (χ3v) is 30.4. The molecule has 0 saturated carbocycles. The molecular weight excluding hydrogens is 1660 g/mol.